The van der Waals surface area contributed by atoms with Crippen LogP contribution in [0.2, 0.25) is 0 Å². The first kappa shape index (κ1) is 12.3. The number of rotatable bonds is 2. The zero-order chi connectivity index (χ0) is 12.6. The number of ether oxygens (including phenoxy) is 1. The first-order chi connectivity index (χ1) is 8.02. The number of hydrogen-bond acceptors (Lipinski definition) is 4. The Kier molecular flexibility index (Phi) is 3.35. The van der Waals surface area contributed by atoms with Gasteiger partial charge >= 0.3 is 0 Å². The molecule has 5 nitrogen and oxygen atoms in total. The molecule has 0 bridgehead atoms. The Balaban J connectivity index is 2.46. The number of aromatic nitrogens is 2. The smallest absolute Gasteiger partial charge is 0.137 e. The Morgan fingerprint density at radius 1 is 1.59 bits per heavy atom. The third kappa shape index (κ3) is 2.14. The maximum absolute atomic E-state index is 5.80. The van der Waals surface area contributed by atoms with Crippen LogP contribution in [0.4, 0.5) is 5.82 Å². The lowest BCUT2D eigenvalue weighted by molar-refractivity contribution is 0.0981. The predicted molar refractivity (Wildman–Crippen MR) is 71.5 cm³/mol. The third-order valence-corrected chi connectivity index (χ3v) is 3.28. The van der Waals surface area contributed by atoms with Crippen molar-refractivity contribution in [3.63, 3.8) is 0 Å². The van der Waals surface area contributed by atoms with Crippen LogP contribution in [0.1, 0.15) is 18.2 Å². The zero-order valence-corrected chi connectivity index (χ0v) is 11.3. The topological polar surface area (TPSA) is 56.3 Å². The normalized spacial score (nSPS) is 20.6. The van der Waals surface area contributed by atoms with Gasteiger partial charge in [-0.2, -0.15) is 5.10 Å². The van der Waals surface area contributed by atoms with E-state index in [4.69, 9.17) is 22.7 Å². The number of thiocarbonyl (C=S) groups is 1. The monoisotopic (exact) mass is 254 g/mol. The van der Waals surface area contributed by atoms with Gasteiger partial charge in [0.05, 0.1) is 30.5 Å². The molecular weight excluding hydrogens is 236 g/mol. The van der Waals surface area contributed by atoms with Gasteiger partial charge in [-0.15, -0.1) is 0 Å². The fraction of sp³-hybridized carbons (Fsp3) is 0.636. The van der Waals surface area contributed by atoms with Crippen LogP contribution >= 0.6 is 12.2 Å². The number of aryl methyl sites for hydroxylation is 2. The summed E-state index contributed by atoms with van der Waals surface area (Å²) < 4.78 is 7.30. The molecule has 2 heterocycles. The van der Waals surface area contributed by atoms with E-state index in [1.54, 1.807) is 0 Å². The Morgan fingerprint density at radius 2 is 2.29 bits per heavy atom. The summed E-state index contributed by atoms with van der Waals surface area (Å²) in [6, 6.07) is 0.312. The molecular formula is C11H18N4OS. The van der Waals surface area contributed by atoms with Crippen molar-refractivity contribution in [3.05, 3.63) is 11.3 Å². The number of nitrogens with zero attached hydrogens (tertiary/aromatic N) is 3. The Morgan fingerprint density at radius 3 is 2.88 bits per heavy atom. The van der Waals surface area contributed by atoms with Crippen LogP contribution in [0.3, 0.4) is 0 Å². The average Bonchev–Trinajstić information content (AvgIpc) is 2.54. The van der Waals surface area contributed by atoms with E-state index in [0.29, 0.717) is 11.0 Å². The Bertz CT molecular complexity index is 443. The SMILES string of the molecule is Cc1nn(C)c(N2CCOCC2C)c1C(N)=S. The van der Waals surface area contributed by atoms with Crippen LogP contribution < -0.4 is 10.6 Å². The Labute approximate surface area is 107 Å². The first-order valence-corrected chi connectivity index (χ1v) is 6.11. The highest BCUT2D eigenvalue weighted by Crippen LogP contribution is 2.26. The van der Waals surface area contributed by atoms with E-state index in [1.165, 1.54) is 0 Å². The quantitative estimate of drug-likeness (QED) is 0.783. The lowest BCUT2D eigenvalue weighted by atomic mass is 10.2. The molecule has 1 fully saturated rings. The molecule has 1 saturated heterocycles. The van der Waals surface area contributed by atoms with Crippen molar-refractivity contribution in [2.24, 2.45) is 12.8 Å². The number of hydrogen-bond donors (Lipinski definition) is 1. The van der Waals surface area contributed by atoms with Gasteiger partial charge in [-0.05, 0) is 13.8 Å². The molecule has 94 valence electrons. The van der Waals surface area contributed by atoms with Gasteiger partial charge in [-0.1, -0.05) is 12.2 Å². The Hall–Kier alpha value is -1.14. The van der Waals surface area contributed by atoms with Gasteiger partial charge in [-0.3, -0.25) is 4.68 Å². The zero-order valence-electron chi connectivity index (χ0n) is 10.4. The molecule has 2 rings (SSSR count). The average molecular weight is 254 g/mol. The van der Waals surface area contributed by atoms with Gasteiger partial charge in [0.15, 0.2) is 0 Å². The van der Waals surface area contributed by atoms with Crippen LogP contribution in [0.5, 0.6) is 0 Å². The fourth-order valence-corrected chi connectivity index (χ4v) is 2.54. The highest BCUT2D eigenvalue weighted by Gasteiger charge is 2.26. The van der Waals surface area contributed by atoms with Crippen LogP contribution in [-0.4, -0.2) is 40.6 Å². The highest BCUT2D eigenvalue weighted by atomic mass is 32.1. The largest absolute Gasteiger partial charge is 0.389 e. The molecule has 1 unspecified atom stereocenters. The summed E-state index contributed by atoms with van der Waals surface area (Å²) in [6.45, 7) is 6.36. The molecule has 0 amide bonds. The van der Waals surface area contributed by atoms with E-state index in [9.17, 15) is 0 Å². The van der Waals surface area contributed by atoms with E-state index >= 15 is 0 Å². The minimum Gasteiger partial charge on any atom is -0.389 e. The van der Waals surface area contributed by atoms with Gasteiger partial charge in [0.25, 0.3) is 0 Å². The van der Waals surface area contributed by atoms with Gasteiger partial charge in [-0.25, -0.2) is 0 Å². The molecule has 1 atom stereocenters. The molecule has 0 aromatic carbocycles. The minimum absolute atomic E-state index is 0.312. The van der Waals surface area contributed by atoms with Crippen LogP contribution in [0.15, 0.2) is 0 Å². The number of morpholine rings is 1. The van der Waals surface area contributed by atoms with Gasteiger partial charge in [0.1, 0.15) is 10.8 Å². The molecule has 1 aromatic heterocycles. The summed E-state index contributed by atoms with van der Waals surface area (Å²) in [5.74, 6) is 1.01. The minimum atomic E-state index is 0.312. The molecule has 1 aliphatic rings. The molecule has 1 aliphatic heterocycles. The van der Waals surface area contributed by atoms with E-state index in [0.717, 1.165) is 36.8 Å². The molecule has 0 spiro atoms. The number of anilines is 1. The number of nitrogens with two attached hydrogens (primary N) is 1. The van der Waals surface area contributed by atoms with Crippen LogP contribution in [-0.2, 0) is 11.8 Å². The summed E-state index contributed by atoms with van der Waals surface area (Å²) in [5.41, 5.74) is 7.57. The van der Waals surface area contributed by atoms with Crippen LogP contribution in [0.25, 0.3) is 0 Å². The van der Waals surface area contributed by atoms with E-state index < -0.39 is 0 Å². The first-order valence-electron chi connectivity index (χ1n) is 5.70. The van der Waals surface area contributed by atoms with Gasteiger partial charge in [0.2, 0.25) is 0 Å². The van der Waals surface area contributed by atoms with E-state index in [2.05, 4.69) is 16.9 Å². The lowest BCUT2D eigenvalue weighted by Gasteiger charge is -2.35. The van der Waals surface area contributed by atoms with E-state index in [1.807, 2.05) is 18.7 Å². The second-order valence-corrected chi connectivity index (χ2v) is 4.83. The second kappa shape index (κ2) is 4.62. The molecule has 2 N–H and O–H groups in total. The molecule has 0 radical (unpaired) electrons. The highest BCUT2D eigenvalue weighted by molar-refractivity contribution is 7.80. The van der Waals surface area contributed by atoms with E-state index in [-0.39, 0.29) is 0 Å². The van der Waals surface area contributed by atoms with Gasteiger partial charge in [0, 0.05) is 13.6 Å². The van der Waals surface area contributed by atoms with Crippen molar-refractivity contribution in [2.45, 2.75) is 19.9 Å². The molecule has 1 aromatic rings. The van der Waals surface area contributed by atoms with Crippen molar-refractivity contribution >= 4 is 23.0 Å². The van der Waals surface area contributed by atoms with Crippen molar-refractivity contribution < 1.29 is 4.74 Å². The standard InChI is InChI=1S/C11H18N4OS/c1-7-6-16-5-4-15(7)11-9(10(12)17)8(2)13-14(11)3/h7H,4-6H2,1-3H3,(H2,12,17). The predicted octanol–water partition coefficient (Wildman–Crippen LogP) is 0.588. The van der Waals surface area contributed by atoms with Crippen LogP contribution in [0, 0.1) is 6.92 Å². The second-order valence-electron chi connectivity index (χ2n) is 4.39. The molecule has 0 aliphatic carbocycles. The third-order valence-electron chi connectivity index (χ3n) is 3.08. The summed E-state index contributed by atoms with van der Waals surface area (Å²) in [5, 5.41) is 4.41. The summed E-state index contributed by atoms with van der Waals surface area (Å²) in [7, 11) is 1.92. The summed E-state index contributed by atoms with van der Waals surface area (Å²) in [6.07, 6.45) is 0. The van der Waals surface area contributed by atoms with Crippen molar-refractivity contribution in [1.82, 2.24) is 9.78 Å². The molecule has 17 heavy (non-hydrogen) atoms. The summed E-state index contributed by atoms with van der Waals surface area (Å²) >= 11 is 5.12. The summed E-state index contributed by atoms with van der Waals surface area (Å²) in [4.78, 5) is 2.67. The van der Waals surface area contributed by atoms with Crippen molar-refractivity contribution in [3.8, 4) is 0 Å². The fourth-order valence-electron chi connectivity index (χ4n) is 2.31. The molecule has 0 saturated carbocycles. The molecule has 6 heteroatoms. The lowest BCUT2D eigenvalue weighted by Crippen LogP contribution is -2.45. The maximum atomic E-state index is 5.80. The van der Waals surface area contributed by atoms with Crippen molar-refractivity contribution in [1.29, 1.82) is 0 Å². The maximum Gasteiger partial charge on any atom is 0.137 e. The van der Waals surface area contributed by atoms with Crippen molar-refractivity contribution in [2.75, 3.05) is 24.7 Å². The van der Waals surface area contributed by atoms with Gasteiger partial charge < -0.3 is 15.4 Å².